The number of nitrogens with zero attached hydrogens (tertiary/aromatic N) is 2. The molecule has 0 aliphatic rings. The number of nitrogens with two attached hydrogens (primary N) is 1. The van der Waals surface area contributed by atoms with Crippen LogP contribution in [-0.4, -0.2) is 15.9 Å². The third-order valence-corrected chi connectivity index (χ3v) is 3.62. The largest absolute Gasteiger partial charge is 0.368 e. The van der Waals surface area contributed by atoms with Crippen LogP contribution >= 0.6 is 11.6 Å². The van der Waals surface area contributed by atoms with E-state index in [0.29, 0.717) is 10.6 Å². The van der Waals surface area contributed by atoms with Crippen LogP contribution in [0.3, 0.4) is 0 Å². The molecule has 3 rings (SSSR count). The number of benzene rings is 2. The summed E-state index contributed by atoms with van der Waals surface area (Å²) in [5.74, 6) is -2.47. The summed E-state index contributed by atoms with van der Waals surface area (Å²) in [4.78, 5) is 19.8. The summed E-state index contributed by atoms with van der Waals surface area (Å²) < 4.78 is 26.5. The lowest BCUT2D eigenvalue weighted by Gasteiger charge is -2.16. The molecule has 1 atom stereocenters. The first kappa shape index (κ1) is 16.1. The molecule has 1 aromatic heterocycles. The van der Waals surface area contributed by atoms with Crippen molar-refractivity contribution in [3.05, 3.63) is 64.8 Å². The van der Waals surface area contributed by atoms with Crippen LogP contribution in [-0.2, 0) is 4.79 Å². The average molecular weight is 349 g/mol. The van der Waals surface area contributed by atoms with Gasteiger partial charge in [-0.25, -0.2) is 13.8 Å². The number of aromatic nitrogens is 2. The molecule has 3 N–H and O–H groups in total. The molecule has 0 aliphatic heterocycles. The zero-order valence-electron chi connectivity index (χ0n) is 12.1. The molecule has 0 saturated carbocycles. The Hall–Kier alpha value is -2.80. The molecule has 0 bridgehead atoms. The lowest BCUT2D eigenvalue weighted by Crippen LogP contribution is -2.28. The summed E-state index contributed by atoms with van der Waals surface area (Å²) in [6, 6.07) is 7.55. The number of hydrogen-bond donors (Lipinski definition) is 2. The van der Waals surface area contributed by atoms with Gasteiger partial charge in [-0.05, 0) is 17.7 Å². The number of primary amides is 1. The number of carbonyl (C=O) groups excluding carboxylic acids is 1. The van der Waals surface area contributed by atoms with Gasteiger partial charge in [-0.1, -0.05) is 23.7 Å². The number of rotatable bonds is 4. The highest BCUT2D eigenvalue weighted by Gasteiger charge is 2.18. The van der Waals surface area contributed by atoms with Gasteiger partial charge in [0.05, 0.1) is 17.2 Å². The SMILES string of the molecule is NC(=O)[C@H](Nc1cnc2cc(F)c(F)cc2n1)c1ccc(Cl)cc1. The molecule has 1 amide bonds. The van der Waals surface area contributed by atoms with Crippen LogP contribution in [0.2, 0.25) is 5.02 Å². The minimum absolute atomic E-state index is 0.151. The van der Waals surface area contributed by atoms with E-state index in [4.69, 9.17) is 17.3 Å². The van der Waals surface area contributed by atoms with Crippen LogP contribution in [0.25, 0.3) is 11.0 Å². The van der Waals surface area contributed by atoms with E-state index in [1.54, 1.807) is 24.3 Å². The zero-order chi connectivity index (χ0) is 17.3. The molecule has 8 heteroatoms. The number of carbonyl (C=O) groups is 1. The fraction of sp³-hybridized carbons (Fsp3) is 0.0625. The van der Waals surface area contributed by atoms with E-state index >= 15 is 0 Å². The molecule has 0 aliphatic carbocycles. The van der Waals surface area contributed by atoms with Gasteiger partial charge < -0.3 is 11.1 Å². The summed E-state index contributed by atoms with van der Waals surface area (Å²) in [5, 5.41) is 3.35. The van der Waals surface area contributed by atoms with E-state index in [-0.39, 0.29) is 16.9 Å². The number of halogens is 3. The standard InChI is InChI=1S/C16H11ClF2N4O/c17-9-3-1-8(2-4-9)15(16(20)24)23-14-7-21-12-5-10(18)11(19)6-13(12)22-14/h1-7,15H,(H2,20,24)(H,22,23)/t15-/m1/s1. The number of anilines is 1. The van der Waals surface area contributed by atoms with Gasteiger partial charge in [0, 0.05) is 17.2 Å². The van der Waals surface area contributed by atoms with Gasteiger partial charge in [0.1, 0.15) is 11.9 Å². The third-order valence-electron chi connectivity index (χ3n) is 3.36. The molecule has 24 heavy (non-hydrogen) atoms. The molecule has 2 aromatic carbocycles. The smallest absolute Gasteiger partial charge is 0.244 e. The van der Waals surface area contributed by atoms with Gasteiger partial charge >= 0.3 is 0 Å². The van der Waals surface area contributed by atoms with E-state index in [0.717, 1.165) is 12.1 Å². The normalized spacial score (nSPS) is 12.1. The predicted molar refractivity (Wildman–Crippen MR) is 86.5 cm³/mol. The molecule has 0 radical (unpaired) electrons. The van der Waals surface area contributed by atoms with Crippen LogP contribution < -0.4 is 11.1 Å². The second kappa shape index (κ2) is 6.37. The fourth-order valence-corrected chi connectivity index (χ4v) is 2.33. The Morgan fingerprint density at radius 3 is 2.38 bits per heavy atom. The van der Waals surface area contributed by atoms with Gasteiger partial charge in [0.25, 0.3) is 0 Å². The van der Waals surface area contributed by atoms with Crippen molar-refractivity contribution in [2.75, 3.05) is 5.32 Å². The second-order valence-electron chi connectivity index (χ2n) is 5.04. The first-order valence-corrected chi connectivity index (χ1v) is 7.25. The summed E-state index contributed by atoms with van der Waals surface area (Å²) in [5.41, 5.74) is 6.35. The van der Waals surface area contributed by atoms with Gasteiger partial charge in [-0.3, -0.25) is 9.78 Å². The predicted octanol–water partition coefficient (Wildman–Crippen LogP) is 3.20. The first-order chi connectivity index (χ1) is 11.4. The molecule has 0 unspecified atom stereocenters. The quantitative estimate of drug-likeness (QED) is 0.758. The molecule has 1 heterocycles. The Morgan fingerprint density at radius 2 is 1.75 bits per heavy atom. The van der Waals surface area contributed by atoms with Crippen molar-refractivity contribution >= 4 is 34.4 Å². The summed E-state index contributed by atoms with van der Waals surface area (Å²) in [7, 11) is 0. The molecule has 0 saturated heterocycles. The van der Waals surface area contributed by atoms with E-state index in [1.807, 2.05) is 0 Å². The minimum atomic E-state index is -1.03. The monoisotopic (exact) mass is 348 g/mol. The van der Waals surface area contributed by atoms with Gasteiger partial charge in [-0.2, -0.15) is 0 Å². The topological polar surface area (TPSA) is 80.9 Å². The van der Waals surface area contributed by atoms with E-state index in [9.17, 15) is 13.6 Å². The van der Waals surface area contributed by atoms with Gasteiger partial charge in [-0.15, -0.1) is 0 Å². The summed E-state index contributed by atoms with van der Waals surface area (Å²) in [6.07, 6.45) is 1.31. The maximum atomic E-state index is 13.3. The van der Waals surface area contributed by atoms with Crippen LogP contribution in [0.4, 0.5) is 14.6 Å². The Bertz CT molecular complexity index is 918. The number of hydrogen-bond acceptors (Lipinski definition) is 4. The molecule has 3 aromatic rings. The zero-order valence-corrected chi connectivity index (χ0v) is 12.9. The van der Waals surface area contributed by atoms with E-state index < -0.39 is 23.6 Å². The Balaban J connectivity index is 1.95. The van der Waals surface area contributed by atoms with Crippen molar-refractivity contribution in [3.8, 4) is 0 Å². The van der Waals surface area contributed by atoms with Crippen molar-refractivity contribution < 1.29 is 13.6 Å². The van der Waals surface area contributed by atoms with Crippen LogP contribution in [0.15, 0.2) is 42.6 Å². The van der Waals surface area contributed by atoms with Gasteiger partial charge in [0.15, 0.2) is 11.6 Å². The lowest BCUT2D eigenvalue weighted by molar-refractivity contribution is -0.118. The maximum absolute atomic E-state index is 13.3. The molecular formula is C16H11ClF2N4O. The third kappa shape index (κ3) is 3.26. The molecular weight excluding hydrogens is 338 g/mol. The highest BCUT2D eigenvalue weighted by atomic mass is 35.5. The Kier molecular flexibility index (Phi) is 4.26. The van der Waals surface area contributed by atoms with Crippen molar-refractivity contribution in [2.45, 2.75) is 6.04 Å². The molecule has 0 spiro atoms. The Morgan fingerprint density at radius 1 is 1.12 bits per heavy atom. The van der Waals surface area contributed by atoms with Gasteiger partial charge in [0.2, 0.25) is 5.91 Å². The first-order valence-electron chi connectivity index (χ1n) is 6.87. The summed E-state index contributed by atoms with van der Waals surface area (Å²) in [6.45, 7) is 0. The van der Waals surface area contributed by atoms with Crippen molar-refractivity contribution in [1.82, 2.24) is 9.97 Å². The van der Waals surface area contributed by atoms with Crippen LogP contribution in [0.1, 0.15) is 11.6 Å². The minimum Gasteiger partial charge on any atom is -0.368 e. The molecule has 122 valence electrons. The van der Waals surface area contributed by atoms with Crippen molar-refractivity contribution in [1.29, 1.82) is 0 Å². The van der Waals surface area contributed by atoms with Crippen LogP contribution in [0, 0.1) is 11.6 Å². The van der Waals surface area contributed by atoms with Crippen molar-refractivity contribution in [2.24, 2.45) is 5.73 Å². The van der Waals surface area contributed by atoms with Crippen LogP contribution in [0.5, 0.6) is 0 Å². The highest BCUT2D eigenvalue weighted by Crippen LogP contribution is 2.22. The molecule has 5 nitrogen and oxygen atoms in total. The number of fused-ring (bicyclic) bond motifs is 1. The second-order valence-corrected chi connectivity index (χ2v) is 5.48. The van der Waals surface area contributed by atoms with E-state index in [1.165, 1.54) is 6.20 Å². The number of nitrogens with one attached hydrogen (secondary N) is 1. The fourth-order valence-electron chi connectivity index (χ4n) is 2.20. The van der Waals surface area contributed by atoms with Crippen molar-refractivity contribution in [3.63, 3.8) is 0 Å². The van der Waals surface area contributed by atoms with E-state index in [2.05, 4.69) is 15.3 Å². The Labute approximate surface area is 140 Å². The highest BCUT2D eigenvalue weighted by molar-refractivity contribution is 6.30. The summed E-state index contributed by atoms with van der Waals surface area (Å²) >= 11 is 5.82. The maximum Gasteiger partial charge on any atom is 0.244 e. The number of amides is 1. The molecule has 0 fully saturated rings. The lowest BCUT2D eigenvalue weighted by atomic mass is 10.1. The average Bonchev–Trinajstić information content (AvgIpc) is 2.54.